The van der Waals surface area contributed by atoms with Crippen LogP contribution in [0.1, 0.15) is 19.3 Å². The molecule has 2 atom stereocenters. The number of esters is 1. The van der Waals surface area contributed by atoms with Crippen LogP contribution in [0.2, 0.25) is 0 Å². The van der Waals surface area contributed by atoms with Crippen LogP contribution < -0.4 is 5.32 Å². The van der Waals surface area contributed by atoms with Crippen molar-refractivity contribution in [1.29, 1.82) is 0 Å². The molecule has 0 bridgehead atoms. The number of nitrogens with one attached hydrogen (secondary N) is 1. The highest BCUT2D eigenvalue weighted by molar-refractivity contribution is 6.05. The van der Waals surface area contributed by atoms with E-state index in [0.29, 0.717) is 18.5 Å². The van der Waals surface area contributed by atoms with Crippen LogP contribution in [0.25, 0.3) is 10.8 Å². The number of allylic oxidation sites excluding steroid dienone is 2. The first-order valence-electron chi connectivity index (χ1n) is 9.97. The molecule has 7 heteroatoms. The van der Waals surface area contributed by atoms with E-state index in [1.807, 2.05) is 48.6 Å². The summed E-state index contributed by atoms with van der Waals surface area (Å²) >= 11 is 0. The third-order valence-electron chi connectivity index (χ3n) is 5.54. The number of nitrogens with zero attached hydrogens (tertiary/aromatic N) is 1. The lowest BCUT2D eigenvalue weighted by Gasteiger charge is -2.14. The molecule has 1 aliphatic heterocycles. The van der Waals surface area contributed by atoms with Crippen LogP contribution in [0, 0.1) is 11.8 Å². The molecule has 7 nitrogen and oxygen atoms in total. The molecular weight excluding hydrogens is 384 g/mol. The second-order valence-corrected chi connectivity index (χ2v) is 7.50. The van der Waals surface area contributed by atoms with Crippen molar-refractivity contribution in [2.24, 2.45) is 11.8 Å². The average molecular weight is 406 g/mol. The zero-order valence-electron chi connectivity index (χ0n) is 16.4. The number of imide groups is 1. The Bertz CT molecular complexity index is 1020. The van der Waals surface area contributed by atoms with Gasteiger partial charge in [-0.3, -0.25) is 24.1 Å². The maximum absolute atomic E-state index is 12.4. The fourth-order valence-corrected chi connectivity index (χ4v) is 3.97. The van der Waals surface area contributed by atoms with Crippen LogP contribution in [0.4, 0.5) is 5.69 Å². The second-order valence-electron chi connectivity index (χ2n) is 7.50. The zero-order chi connectivity index (χ0) is 21.1. The topological polar surface area (TPSA) is 92.8 Å². The Balaban J connectivity index is 1.24. The number of hydrogen-bond acceptors (Lipinski definition) is 5. The van der Waals surface area contributed by atoms with Crippen LogP contribution in [0.3, 0.4) is 0 Å². The minimum atomic E-state index is -0.628. The lowest BCUT2D eigenvalue weighted by Crippen LogP contribution is -2.33. The number of carbonyl (C=O) groups excluding carboxylic acids is 4. The first-order valence-corrected chi connectivity index (χ1v) is 9.97. The number of rotatable bonds is 6. The Kier molecular flexibility index (Phi) is 5.61. The van der Waals surface area contributed by atoms with Gasteiger partial charge in [-0.2, -0.15) is 0 Å². The van der Waals surface area contributed by atoms with Gasteiger partial charge < -0.3 is 10.1 Å². The number of ether oxygens (including phenoxy) is 1. The van der Waals surface area contributed by atoms with E-state index in [9.17, 15) is 19.2 Å². The second kappa shape index (κ2) is 8.49. The van der Waals surface area contributed by atoms with E-state index in [4.69, 9.17) is 4.74 Å². The Labute approximate surface area is 173 Å². The molecule has 2 aromatic rings. The van der Waals surface area contributed by atoms with Crippen LogP contribution in [-0.4, -0.2) is 41.7 Å². The van der Waals surface area contributed by atoms with Crippen molar-refractivity contribution < 1.29 is 23.9 Å². The largest absolute Gasteiger partial charge is 0.456 e. The van der Waals surface area contributed by atoms with E-state index >= 15 is 0 Å². The first kappa shape index (κ1) is 19.8. The van der Waals surface area contributed by atoms with Crippen molar-refractivity contribution in [3.63, 3.8) is 0 Å². The SMILES string of the molecule is O=C(COC(=O)CCN1C(=O)[C@H]2CC=CC[C@H]2C1=O)Nc1ccc2ccccc2c1. The van der Waals surface area contributed by atoms with Crippen LogP contribution in [-0.2, 0) is 23.9 Å². The van der Waals surface area contributed by atoms with Crippen molar-refractivity contribution in [3.05, 3.63) is 54.6 Å². The van der Waals surface area contributed by atoms with Gasteiger partial charge in [0.1, 0.15) is 0 Å². The number of carbonyl (C=O) groups is 4. The predicted octanol–water partition coefficient (Wildman–Crippen LogP) is 2.66. The summed E-state index contributed by atoms with van der Waals surface area (Å²) in [6, 6.07) is 13.3. The molecule has 30 heavy (non-hydrogen) atoms. The van der Waals surface area contributed by atoms with E-state index in [1.54, 1.807) is 6.07 Å². The molecule has 0 aromatic heterocycles. The van der Waals surface area contributed by atoms with Crippen molar-refractivity contribution in [3.8, 4) is 0 Å². The summed E-state index contributed by atoms with van der Waals surface area (Å²) in [5.41, 5.74) is 0.610. The standard InChI is InChI=1S/C23H22N2O5/c26-20(24-17-10-9-15-5-1-2-6-16(15)13-17)14-30-21(27)11-12-25-22(28)18-7-3-4-8-19(18)23(25)29/h1-6,9-10,13,18-19H,7-8,11-12,14H2,(H,24,26)/t18-,19+. The summed E-state index contributed by atoms with van der Waals surface area (Å²) in [6.07, 6.45) is 4.82. The first-order chi connectivity index (χ1) is 14.5. The van der Waals surface area contributed by atoms with Crippen molar-refractivity contribution in [2.45, 2.75) is 19.3 Å². The predicted molar refractivity (Wildman–Crippen MR) is 110 cm³/mol. The minimum absolute atomic E-state index is 0.0181. The summed E-state index contributed by atoms with van der Waals surface area (Å²) in [5, 5.41) is 4.74. The highest BCUT2D eigenvalue weighted by atomic mass is 16.5. The maximum Gasteiger partial charge on any atom is 0.308 e. The summed E-state index contributed by atoms with van der Waals surface area (Å²) in [6.45, 7) is -0.446. The van der Waals surface area contributed by atoms with Gasteiger partial charge in [0.25, 0.3) is 5.91 Å². The van der Waals surface area contributed by atoms with E-state index in [-0.39, 0.29) is 36.6 Å². The summed E-state index contributed by atoms with van der Waals surface area (Å²) in [5.74, 6) is -2.16. The number of benzene rings is 2. The average Bonchev–Trinajstić information content (AvgIpc) is 3.01. The Morgan fingerprint density at radius 1 is 0.967 bits per heavy atom. The van der Waals surface area contributed by atoms with Crippen molar-refractivity contribution >= 4 is 40.2 Å². The van der Waals surface area contributed by atoms with Gasteiger partial charge >= 0.3 is 5.97 Å². The molecule has 0 radical (unpaired) electrons. The smallest absolute Gasteiger partial charge is 0.308 e. The quantitative estimate of drug-likeness (QED) is 0.452. The lowest BCUT2D eigenvalue weighted by molar-refractivity contribution is -0.148. The molecule has 2 aromatic carbocycles. The molecular formula is C23H22N2O5. The molecule has 3 amide bonds. The normalized spacial score (nSPS) is 20.3. The van der Waals surface area contributed by atoms with Crippen LogP contribution in [0.5, 0.6) is 0 Å². The number of fused-ring (bicyclic) bond motifs is 2. The molecule has 2 aliphatic rings. The van der Waals surface area contributed by atoms with Gasteiger partial charge in [-0.1, -0.05) is 42.5 Å². The van der Waals surface area contributed by atoms with Gasteiger partial charge in [0.2, 0.25) is 11.8 Å². The number of likely N-dealkylation sites (tertiary alicyclic amines) is 1. The summed E-state index contributed by atoms with van der Waals surface area (Å²) in [4.78, 5) is 50.0. The van der Waals surface area contributed by atoms with Crippen LogP contribution >= 0.6 is 0 Å². The van der Waals surface area contributed by atoms with E-state index in [1.165, 1.54) is 0 Å². The van der Waals surface area contributed by atoms with Crippen molar-refractivity contribution in [2.75, 3.05) is 18.5 Å². The number of amides is 3. The fourth-order valence-electron chi connectivity index (χ4n) is 3.97. The van der Waals surface area contributed by atoms with Gasteiger partial charge in [-0.25, -0.2) is 0 Å². The van der Waals surface area contributed by atoms with E-state index < -0.39 is 18.5 Å². The van der Waals surface area contributed by atoms with Crippen molar-refractivity contribution in [1.82, 2.24) is 4.90 Å². The van der Waals surface area contributed by atoms with E-state index in [2.05, 4.69) is 5.32 Å². The van der Waals surface area contributed by atoms with Gasteiger partial charge in [-0.15, -0.1) is 0 Å². The van der Waals surface area contributed by atoms with Gasteiger partial charge in [0.15, 0.2) is 6.61 Å². The zero-order valence-corrected chi connectivity index (χ0v) is 16.4. The highest BCUT2D eigenvalue weighted by Gasteiger charge is 2.46. The fraction of sp³-hybridized carbons (Fsp3) is 0.304. The third-order valence-corrected chi connectivity index (χ3v) is 5.54. The molecule has 1 fully saturated rings. The summed E-state index contributed by atoms with van der Waals surface area (Å²) < 4.78 is 5.00. The van der Waals surface area contributed by atoms with Crippen LogP contribution in [0.15, 0.2) is 54.6 Å². The molecule has 154 valence electrons. The maximum atomic E-state index is 12.4. The molecule has 1 saturated heterocycles. The number of anilines is 1. The minimum Gasteiger partial charge on any atom is -0.456 e. The Morgan fingerprint density at radius 2 is 1.63 bits per heavy atom. The van der Waals surface area contributed by atoms with Gasteiger partial charge in [-0.05, 0) is 35.7 Å². The molecule has 1 heterocycles. The highest BCUT2D eigenvalue weighted by Crippen LogP contribution is 2.35. The Hall–Kier alpha value is -3.48. The molecule has 1 N–H and O–H groups in total. The molecule has 1 aliphatic carbocycles. The van der Waals surface area contributed by atoms with E-state index in [0.717, 1.165) is 15.7 Å². The van der Waals surface area contributed by atoms with Gasteiger partial charge in [0.05, 0.1) is 18.3 Å². The Morgan fingerprint density at radius 3 is 2.33 bits per heavy atom. The lowest BCUT2D eigenvalue weighted by atomic mass is 9.85. The monoisotopic (exact) mass is 406 g/mol. The molecule has 4 rings (SSSR count). The number of hydrogen-bond donors (Lipinski definition) is 1. The van der Waals surface area contributed by atoms with Gasteiger partial charge in [0, 0.05) is 12.2 Å². The molecule has 0 spiro atoms. The third kappa shape index (κ3) is 4.10. The molecule has 0 saturated carbocycles. The summed E-state index contributed by atoms with van der Waals surface area (Å²) in [7, 11) is 0. The molecule has 0 unspecified atom stereocenters.